The van der Waals surface area contributed by atoms with Crippen molar-refractivity contribution >= 4 is 17.7 Å². The summed E-state index contributed by atoms with van der Waals surface area (Å²) in [7, 11) is 0. The quantitative estimate of drug-likeness (QED) is 0.455. The molecule has 1 atom stereocenters. The summed E-state index contributed by atoms with van der Waals surface area (Å²) in [6.45, 7) is 5.36. The van der Waals surface area contributed by atoms with E-state index in [1.54, 1.807) is 36.4 Å². The molecule has 1 N–H and O–H groups in total. The second-order valence-electron chi connectivity index (χ2n) is 7.51. The molecule has 3 rings (SSSR count). The average Bonchev–Trinajstić information content (AvgIpc) is 2.77. The standard InChI is InChI=1S/C26H25NO4/c1-17-8-12-20(13-9-17)24(29)25(21-14-10-18(2)11-15-21)31-23(28)16-27-26(30)22-7-5-4-6-19(22)3/h4-15,25H,16H2,1-3H3,(H,27,30). The van der Waals surface area contributed by atoms with Gasteiger partial charge in [-0.3, -0.25) is 14.4 Å². The summed E-state index contributed by atoms with van der Waals surface area (Å²) in [6, 6.07) is 21.5. The molecule has 0 aliphatic carbocycles. The van der Waals surface area contributed by atoms with E-state index >= 15 is 0 Å². The minimum absolute atomic E-state index is 0.317. The number of ketones is 1. The van der Waals surface area contributed by atoms with Crippen LogP contribution >= 0.6 is 0 Å². The second-order valence-corrected chi connectivity index (χ2v) is 7.51. The predicted molar refractivity (Wildman–Crippen MR) is 119 cm³/mol. The third kappa shape index (κ3) is 5.66. The molecule has 0 saturated carbocycles. The lowest BCUT2D eigenvalue weighted by Crippen LogP contribution is -2.32. The van der Waals surface area contributed by atoms with Crippen molar-refractivity contribution in [3.63, 3.8) is 0 Å². The van der Waals surface area contributed by atoms with Crippen molar-refractivity contribution in [1.82, 2.24) is 5.32 Å². The van der Waals surface area contributed by atoms with E-state index in [4.69, 9.17) is 4.74 Å². The van der Waals surface area contributed by atoms with Gasteiger partial charge in [-0.15, -0.1) is 0 Å². The number of ether oxygens (including phenoxy) is 1. The summed E-state index contributed by atoms with van der Waals surface area (Å²) < 4.78 is 5.54. The fraction of sp³-hybridized carbons (Fsp3) is 0.192. The van der Waals surface area contributed by atoms with E-state index in [1.807, 2.05) is 57.2 Å². The van der Waals surface area contributed by atoms with Gasteiger partial charge in [-0.2, -0.15) is 0 Å². The Labute approximate surface area is 182 Å². The lowest BCUT2D eigenvalue weighted by molar-refractivity contribution is -0.146. The summed E-state index contributed by atoms with van der Waals surface area (Å²) in [4.78, 5) is 38.0. The van der Waals surface area contributed by atoms with E-state index in [1.165, 1.54) is 0 Å². The van der Waals surface area contributed by atoms with E-state index in [9.17, 15) is 14.4 Å². The molecule has 0 aromatic heterocycles. The van der Waals surface area contributed by atoms with E-state index in [-0.39, 0.29) is 18.2 Å². The maximum atomic E-state index is 13.1. The summed E-state index contributed by atoms with van der Waals surface area (Å²) in [5, 5.41) is 2.57. The van der Waals surface area contributed by atoms with Gasteiger partial charge in [-0.1, -0.05) is 77.9 Å². The molecule has 0 aliphatic rings. The van der Waals surface area contributed by atoms with Crippen LogP contribution in [0.5, 0.6) is 0 Å². The Balaban J connectivity index is 1.74. The van der Waals surface area contributed by atoms with Gasteiger partial charge in [0.25, 0.3) is 5.91 Å². The molecule has 5 nitrogen and oxygen atoms in total. The van der Waals surface area contributed by atoms with Gasteiger partial charge < -0.3 is 10.1 Å². The highest BCUT2D eigenvalue weighted by atomic mass is 16.5. The minimum atomic E-state index is -1.09. The zero-order valence-electron chi connectivity index (χ0n) is 17.8. The summed E-state index contributed by atoms with van der Waals surface area (Å²) >= 11 is 0. The first-order valence-corrected chi connectivity index (χ1v) is 10.1. The van der Waals surface area contributed by atoms with Gasteiger partial charge in [-0.05, 0) is 32.4 Å². The molecular formula is C26H25NO4. The molecule has 1 unspecified atom stereocenters. The number of amides is 1. The molecule has 0 radical (unpaired) electrons. The lowest BCUT2D eigenvalue weighted by atomic mass is 9.98. The molecule has 0 spiro atoms. The second kappa shape index (κ2) is 9.85. The maximum absolute atomic E-state index is 13.1. The Morgan fingerprint density at radius 3 is 2.00 bits per heavy atom. The largest absolute Gasteiger partial charge is 0.448 e. The molecule has 158 valence electrons. The van der Waals surface area contributed by atoms with Crippen molar-refractivity contribution < 1.29 is 19.1 Å². The molecule has 0 heterocycles. The molecular weight excluding hydrogens is 390 g/mol. The first kappa shape index (κ1) is 22.0. The van der Waals surface area contributed by atoms with Crippen molar-refractivity contribution in [2.75, 3.05) is 6.54 Å². The topological polar surface area (TPSA) is 72.5 Å². The molecule has 3 aromatic rings. The van der Waals surface area contributed by atoms with Gasteiger partial charge in [0, 0.05) is 16.7 Å². The van der Waals surface area contributed by atoms with E-state index in [0.717, 1.165) is 16.7 Å². The highest BCUT2D eigenvalue weighted by Crippen LogP contribution is 2.23. The summed E-state index contributed by atoms with van der Waals surface area (Å²) in [5.41, 5.74) is 4.38. The number of esters is 1. The number of carbonyl (C=O) groups is 3. The Morgan fingerprint density at radius 1 is 0.806 bits per heavy atom. The van der Waals surface area contributed by atoms with Crippen LogP contribution < -0.4 is 5.32 Å². The number of benzene rings is 3. The SMILES string of the molecule is Cc1ccc(C(=O)C(OC(=O)CNC(=O)c2ccccc2C)c2ccc(C)cc2)cc1. The summed E-state index contributed by atoms with van der Waals surface area (Å²) in [5.74, 6) is -1.37. The van der Waals surface area contributed by atoms with Crippen LogP contribution in [0.2, 0.25) is 0 Å². The number of rotatable bonds is 7. The Hall–Kier alpha value is -3.73. The van der Waals surface area contributed by atoms with E-state index < -0.39 is 12.1 Å². The predicted octanol–water partition coefficient (Wildman–Crippen LogP) is 4.51. The van der Waals surface area contributed by atoms with Crippen LogP contribution in [0, 0.1) is 20.8 Å². The molecule has 31 heavy (non-hydrogen) atoms. The number of hydrogen-bond donors (Lipinski definition) is 1. The van der Waals surface area contributed by atoms with Crippen LogP contribution in [0.4, 0.5) is 0 Å². The molecule has 0 aliphatic heterocycles. The fourth-order valence-corrected chi connectivity index (χ4v) is 3.13. The van der Waals surface area contributed by atoms with Crippen molar-refractivity contribution in [3.8, 4) is 0 Å². The monoisotopic (exact) mass is 415 g/mol. The van der Waals surface area contributed by atoms with Crippen LogP contribution in [0.25, 0.3) is 0 Å². The number of carbonyl (C=O) groups excluding carboxylic acids is 3. The van der Waals surface area contributed by atoms with Gasteiger partial charge in [0.15, 0.2) is 6.10 Å². The van der Waals surface area contributed by atoms with Crippen molar-refractivity contribution in [3.05, 3.63) is 106 Å². The number of Topliss-reactive ketones (excluding diaryl/α,β-unsaturated/α-hetero) is 1. The minimum Gasteiger partial charge on any atom is -0.448 e. The van der Waals surface area contributed by atoms with Gasteiger partial charge >= 0.3 is 5.97 Å². The van der Waals surface area contributed by atoms with Crippen LogP contribution in [-0.4, -0.2) is 24.2 Å². The third-order valence-electron chi connectivity index (χ3n) is 4.99. The first-order valence-electron chi connectivity index (χ1n) is 10.1. The van der Waals surface area contributed by atoms with E-state index in [0.29, 0.717) is 16.7 Å². The third-order valence-corrected chi connectivity index (χ3v) is 4.99. The maximum Gasteiger partial charge on any atom is 0.326 e. The molecule has 0 fully saturated rings. The normalized spacial score (nSPS) is 11.5. The van der Waals surface area contributed by atoms with Crippen molar-refractivity contribution in [2.45, 2.75) is 26.9 Å². The molecule has 0 saturated heterocycles. The van der Waals surface area contributed by atoms with Gasteiger partial charge in [0.1, 0.15) is 6.54 Å². The van der Waals surface area contributed by atoms with Gasteiger partial charge in [0.05, 0.1) is 0 Å². The highest BCUT2D eigenvalue weighted by molar-refractivity contribution is 6.01. The van der Waals surface area contributed by atoms with Gasteiger partial charge in [-0.25, -0.2) is 0 Å². The Kier molecular flexibility index (Phi) is 6.98. The van der Waals surface area contributed by atoms with Crippen LogP contribution in [0.15, 0.2) is 72.8 Å². The smallest absolute Gasteiger partial charge is 0.326 e. The molecule has 1 amide bonds. The van der Waals surface area contributed by atoms with Crippen LogP contribution in [0.3, 0.4) is 0 Å². The fourth-order valence-electron chi connectivity index (χ4n) is 3.13. The Bertz CT molecular complexity index is 1090. The first-order chi connectivity index (χ1) is 14.8. The Morgan fingerprint density at radius 2 is 1.39 bits per heavy atom. The summed E-state index contributed by atoms with van der Waals surface area (Å²) in [6.07, 6.45) is -1.09. The van der Waals surface area contributed by atoms with E-state index in [2.05, 4.69) is 5.32 Å². The number of nitrogens with one attached hydrogen (secondary N) is 1. The van der Waals surface area contributed by atoms with Crippen molar-refractivity contribution in [1.29, 1.82) is 0 Å². The number of aryl methyl sites for hydroxylation is 3. The van der Waals surface area contributed by atoms with Gasteiger partial charge in [0.2, 0.25) is 5.78 Å². The van der Waals surface area contributed by atoms with Crippen LogP contribution in [-0.2, 0) is 9.53 Å². The van der Waals surface area contributed by atoms with Crippen LogP contribution in [0.1, 0.15) is 49.1 Å². The molecule has 0 bridgehead atoms. The zero-order valence-corrected chi connectivity index (χ0v) is 17.8. The molecule has 5 heteroatoms. The molecule has 3 aromatic carbocycles. The number of hydrogen-bond acceptors (Lipinski definition) is 4. The highest BCUT2D eigenvalue weighted by Gasteiger charge is 2.26. The average molecular weight is 415 g/mol. The zero-order chi connectivity index (χ0) is 22.4. The van der Waals surface area contributed by atoms with Crippen molar-refractivity contribution in [2.24, 2.45) is 0 Å². The lowest BCUT2D eigenvalue weighted by Gasteiger charge is -2.18.